The molecule has 31 heavy (non-hydrogen) atoms. The van der Waals surface area contributed by atoms with Gasteiger partial charge in [-0.15, -0.1) is 0 Å². The van der Waals surface area contributed by atoms with Gasteiger partial charge >= 0.3 is 0 Å². The quantitative estimate of drug-likeness (QED) is 0.453. The van der Waals surface area contributed by atoms with E-state index in [9.17, 15) is 30.3 Å². The minimum atomic E-state index is -1.50. The lowest BCUT2D eigenvalue weighted by Gasteiger charge is -2.50. The molecule has 1 saturated heterocycles. The number of para-hydroxylation sites is 3. The predicted molar refractivity (Wildman–Crippen MR) is 109 cm³/mol. The van der Waals surface area contributed by atoms with Gasteiger partial charge in [0.1, 0.15) is 5.66 Å². The third-order valence-electron chi connectivity index (χ3n) is 5.18. The van der Waals surface area contributed by atoms with Crippen molar-refractivity contribution in [3.63, 3.8) is 0 Å². The Morgan fingerprint density at radius 3 is 1.45 bits per heavy atom. The van der Waals surface area contributed by atoms with E-state index in [0.717, 1.165) is 0 Å². The van der Waals surface area contributed by atoms with Crippen molar-refractivity contribution < 1.29 is 14.8 Å². The number of benzene rings is 3. The molecule has 11 heteroatoms. The van der Waals surface area contributed by atoms with Gasteiger partial charge in [-0.2, -0.15) is 0 Å². The summed E-state index contributed by atoms with van der Waals surface area (Å²) in [6.45, 7) is 0. The van der Waals surface area contributed by atoms with Crippen molar-refractivity contribution in [1.82, 2.24) is 10.6 Å². The Morgan fingerprint density at radius 1 is 0.613 bits per heavy atom. The SMILES string of the molecule is O=[N+]([O-])c1ccccc1C1NC(c2ccccc2[N+](=O)[O-])(c2ccccc2[N+](=O)[O-])N1. The van der Waals surface area contributed by atoms with Gasteiger partial charge in [0.25, 0.3) is 17.1 Å². The normalized spacial score (nSPS) is 15.1. The van der Waals surface area contributed by atoms with Crippen molar-refractivity contribution in [2.24, 2.45) is 0 Å². The van der Waals surface area contributed by atoms with E-state index in [1.807, 2.05) is 0 Å². The second-order valence-corrected chi connectivity index (χ2v) is 6.84. The monoisotopic (exact) mass is 421 g/mol. The van der Waals surface area contributed by atoms with Gasteiger partial charge in [0.05, 0.1) is 37.6 Å². The van der Waals surface area contributed by atoms with Gasteiger partial charge in [0.2, 0.25) is 0 Å². The average Bonchev–Trinajstić information content (AvgIpc) is 2.74. The highest BCUT2D eigenvalue weighted by Crippen LogP contribution is 2.45. The van der Waals surface area contributed by atoms with Crippen LogP contribution in [0.4, 0.5) is 17.1 Å². The number of hydrogen-bond donors (Lipinski definition) is 2. The molecule has 1 heterocycles. The Bertz CT molecular complexity index is 1150. The van der Waals surface area contributed by atoms with Crippen molar-refractivity contribution in [2.45, 2.75) is 11.8 Å². The molecule has 156 valence electrons. The topological polar surface area (TPSA) is 153 Å². The van der Waals surface area contributed by atoms with E-state index in [1.54, 1.807) is 24.3 Å². The first-order valence-electron chi connectivity index (χ1n) is 9.11. The highest BCUT2D eigenvalue weighted by Gasteiger charge is 2.53. The summed E-state index contributed by atoms with van der Waals surface area (Å²) < 4.78 is 0. The Kier molecular flexibility index (Phi) is 4.89. The van der Waals surface area contributed by atoms with Crippen LogP contribution in [0.2, 0.25) is 0 Å². The van der Waals surface area contributed by atoms with Gasteiger partial charge in [-0.05, 0) is 18.2 Å². The van der Waals surface area contributed by atoms with Gasteiger partial charge in [-0.25, -0.2) is 0 Å². The van der Waals surface area contributed by atoms with Crippen molar-refractivity contribution in [2.75, 3.05) is 0 Å². The molecule has 0 unspecified atom stereocenters. The van der Waals surface area contributed by atoms with Crippen LogP contribution in [0, 0.1) is 30.3 Å². The summed E-state index contributed by atoms with van der Waals surface area (Å²) in [5.74, 6) is 0. The molecule has 4 rings (SSSR count). The van der Waals surface area contributed by atoms with Crippen molar-refractivity contribution in [3.05, 3.63) is 120 Å². The van der Waals surface area contributed by atoms with Gasteiger partial charge in [0, 0.05) is 18.2 Å². The van der Waals surface area contributed by atoms with Crippen LogP contribution in [-0.2, 0) is 5.66 Å². The van der Waals surface area contributed by atoms with E-state index in [-0.39, 0.29) is 28.2 Å². The summed E-state index contributed by atoms with van der Waals surface area (Å²) in [6, 6.07) is 17.8. The molecule has 0 spiro atoms. The fourth-order valence-corrected chi connectivity index (χ4v) is 3.84. The zero-order valence-electron chi connectivity index (χ0n) is 15.8. The van der Waals surface area contributed by atoms with Crippen LogP contribution >= 0.6 is 0 Å². The van der Waals surface area contributed by atoms with Crippen LogP contribution in [0.1, 0.15) is 22.9 Å². The number of hydrogen-bond acceptors (Lipinski definition) is 8. The first kappa shape index (κ1) is 20.1. The maximum absolute atomic E-state index is 11.7. The van der Waals surface area contributed by atoms with Gasteiger partial charge in [0.15, 0.2) is 0 Å². The molecule has 0 aromatic heterocycles. The Hall–Kier alpha value is -4.22. The summed E-state index contributed by atoms with van der Waals surface area (Å²) in [5.41, 5.74) is -1.52. The highest BCUT2D eigenvalue weighted by atomic mass is 16.6. The molecule has 1 aliphatic heterocycles. The van der Waals surface area contributed by atoms with Gasteiger partial charge < -0.3 is 0 Å². The minimum Gasteiger partial charge on any atom is -0.272 e. The lowest BCUT2D eigenvalue weighted by atomic mass is 9.83. The van der Waals surface area contributed by atoms with E-state index in [1.165, 1.54) is 48.5 Å². The lowest BCUT2D eigenvalue weighted by molar-refractivity contribution is -0.388. The molecule has 2 N–H and O–H groups in total. The number of nitro benzene ring substituents is 3. The zero-order chi connectivity index (χ0) is 22.2. The Balaban J connectivity index is 1.89. The van der Waals surface area contributed by atoms with Gasteiger partial charge in [-0.1, -0.05) is 36.4 Å². The Labute approximate surface area is 174 Å². The fraction of sp³-hybridized carbons (Fsp3) is 0.100. The molecule has 0 atom stereocenters. The smallest absolute Gasteiger partial charge is 0.272 e. The summed E-state index contributed by atoms with van der Waals surface area (Å²) in [7, 11) is 0. The largest absolute Gasteiger partial charge is 0.276 e. The van der Waals surface area contributed by atoms with Gasteiger partial charge in [-0.3, -0.25) is 41.0 Å². The molecule has 0 aliphatic carbocycles. The van der Waals surface area contributed by atoms with Crippen LogP contribution in [0.25, 0.3) is 0 Å². The van der Waals surface area contributed by atoms with Crippen LogP contribution < -0.4 is 10.6 Å². The maximum atomic E-state index is 11.7. The molecule has 1 fully saturated rings. The van der Waals surface area contributed by atoms with E-state index >= 15 is 0 Å². The number of rotatable bonds is 6. The predicted octanol–water partition coefficient (Wildman–Crippen LogP) is 3.50. The molecule has 1 aliphatic rings. The third-order valence-corrected chi connectivity index (χ3v) is 5.18. The average molecular weight is 421 g/mol. The second kappa shape index (κ2) is 7.55. The Morgan fingerprint density at radius 2 is 1.00 bits per heavy atom. The summed E-state index contributed by atoms with van der Waals surface area (Å²) in [5, 5.41) is 41.0. The fourth-order valence-electron chi connectivity index (χ4n) is 3.84. The molecule has 0 saturated carbocycles. The standard InChI is InChI=1S/C20H15N5O6/c26-23(27)16-10-4-1-7-13(16)19-21-20(22-19,14-8-2-5-11-17(14)24(28)29)15-9-3-6-12-18(15)25(30)31/h1-12,19,21-22H. The summed E-state index contributed by atoms with van der Waals surface area (Å²) in [6.07, 6.45) is -0.763. The molecule has 0 amide bonds. The molecule has 3 aromatic rings. The van der Waals surface area contributed by atoms with E-state index in [0.29, 0.717) is 5.56 Å². The lowest BCUT2D eigenvalue weighted by Crippen LogP contribution is -2.70. The number of nitrogens with one attached hydrogen (secondary N) is 2. The van der Waals surface area contributed by atoms with Crippen LogP contribution in [0.5, 0.6) is 0 Å². The van der Waals surface area contributed by atoms with E-state index in [2.05, 4.69) is 10.6 Å². The molecule has 3 aromatic carbocycles. The molecule has 0 bridgehead atoms. The molecule has 0 radical (unpaired) electrons. The first-order chi connectivity index (χ1) is 14.8. The second-order valence-electron chi connectivity index (χ2n) is 6.84. The van der Waals surface area contributed by atoms with Crippen molar-refractivity contribution in [3.8, 4) is 0 Å². The molecular weight excluding hydrogens is 406 g/mol. The first-order valence-corrected chi connectivity index (χ1v) is 9.11. The van der Waals surface area contributed by atoms with Crippen LogP contribution in [0.3, 0.4) is 0 Å². The van der Waals surface area contributed by atoms with E-state index < -0.39 is 26.6 Å². The van der Waals surface area contributed by atoms with Crippen LogP contribution in [-0.4, -0.2) is 14.8 Å². The van der Waals surface area contributed by atoms with Crippen LogP contribution in [0.15, 0.2) is 72.8 Å². The zero-order valence-corrected chi connectivity index (χ0v) is 15.8. The minimum absolute atomic E-state index is 0.147. The third kappa shape index (κ3) is 3.27. The number of nitrogens with zero attached hydrogens (tertiary/aromatic N) is 3. The molecule has 11 nitrogen and oxygen atoms in total. The summed E-state index contributed by atoms with van der Waals surface area (Å²) in [4.78, 5) is 33.1. The van der Waals surface area contributed by atoms with Crippen molar-refractivity contribution >= 4 is 17.1 Å². The number of nitro groups is 3. The molecular formula is C20H15N5O6. The van der Waals surface area contributed by atoms with E-state index in [4.69, 9.17) is 0 Å². The highest BCUT2D eigenvalue weighted by molar-refractivity contribution is 5.58. The van der Waals surface area contributed by atoms with Crippen molar-refractivity contribution in [1.29, 1.82) is 0 Å². The maximum Gasteiger partial charge on any atom is 0.276 e. The summed E-state index contributed by atoms with van der Waals surface area (Å²) >= 11 is 0.